The lowest BCUT2D eigenvalue weighted by Gasteiger charge is -2.15. The van der Waals surface area contributed by atoms with Crippen molar-refractivity contribution in [2.75, 3.05) is 0 Å². The summed E-state index contributed by atoms with van der Waals surface area (Å²) in [5.41, 5.74) is 2.81. The number of aromatic nitrogens is 2. The minimum absolute atomic E-state index is 0.0885. The van der Waals surface area contributed by atoms with Crippen LogP contribution in [-0.2, 0) is 22.4 Å². The highest BCUT2D eigenvalue weighted by Gasteiger charge is 2.26. The van der Waals surface area contributed by atoms with E-state index >= 15 is 0 Å². The summed E-state index contributed by atoms with van der Waals surface area (Å²) in [7, 11) is 0. The third kappa shape index (κ3) is 2.30. The molecule has 1 atom stereocenters. The number of carbonyl (C=O) groups excluding carboxylic acids is 2. The third-order valence-electron chi connectivity index (χ3n) is 3.24. The molecule has 0 aliphatic heterocycles. The van der Waals surface area contributed by atoms with Gasteiger partial charge >= 0.3 is 5.97 Å². The molecule has 1 aliphatic rings. The summed E-state index contributed by atoms with van der Waals surface area (Å²) in [5.74, 6) is -0.418. The average molecular weight is 250 g/mol. The summed E-state index contributed by atoms with van der Waals surface area (Å²) >= 11 is 0. The molecule has 5 nitrogen and oxygen atoms in total. The normalized spacial score (nSPS) is 15.9. The quantitative estimate of drug-likeness (QED) is 0.754. The first-order valence-electron chi connectivity index (χ1n) is 6.29. The van der Waals surface area contributed by atoms with Gasteiger partial charge in [0, 0.05) is 19.4 Å². The molecule has 18 heavy (non-hydrogen) atoms. The maximum Gasteiger partial charge on any atom is 0.303 e. The maximum atomic E-state index is 11.6. The molecule has 1 aliphatic carbocycles. The van der Waals surface area contributed by atoms with Gasteiger partial charge in [0.1, 0.15) is 11.8 Å². The molecule has 1 aromatic heterocycles. The predicted octanol–water partition coefficient (Wildman–Crippen LogP) is 2.05. The van der Waals surface area contributed by atoms with Crippen molar-refractivity contribution in [3.05, 3.63) is 17.0 Å². The summed E-state index contributed by atoms with van der Waals surface area (Å²) in [6.45, 7) is 4.68. The molecular weight excluding hydrogens is 232 g/mol. The van der Waals surface area contributed by atoms with Crippen LogP contribution >= 0.6 is 0 Å². The zero-order valence-electron chi connectivity index (χ0n) is 11.0. The van der Waals surface area contributed by atoms with Crippen molar-refractivity contribution in [2.24, 2.45) is 0 Å². The highest BCUT2D eigenvalue weighted by atomic mass is 16.5. The van der Waals surface area contributed by atoms with Gasteiger partial charge in [0.2, 0.25) is 5.91 Å². The fraction of sp³-hybridized carbons (Fsp3) is 0.615. The molecule has 0 aromatic carbocycles. The van der Waals surface area contributed by atoms with E-state index in [1.807, 2.05) is 0 Å². The van der Waals surface area contributed by atoms with E-state index in [0.717, 1.165) is 42.6 Å². The van der Waals surface area contributed by atoms with Gasteiger partial charge in [-0.3, -0.25) is 9.59 Å². The second-order valence-electron chi connectivity index (χ2n) is 4.70. The van der Waals surface area contributed by atoms with Crippen LogP contribution in [0.5, 0.6) is 0 Å². The molecule has 2 rings (SSSR count). The molecule has 0 radical (unpaired) electrons. The molecule has 0 amide bonds. The monoisotopic (exact) mass is 250 g/mol. The summed E-state index contributed by atoms with van der Waals surface area (Å²) in [4.78, 5) is 22.6. The number of carbonyl (C=O) groups is 2. The van der Waals surface area contributed by atoms with E-state index < -0.39 is 6.10 Å². The Kier molecular flexibility index (Phi) is 3.50. The number of rotatable bonds is 2. The molecule has 0 N–H and O–H groups in total. The highest BCUT2D eigenvalue weighted by molar-refractivity contribution is 5.76. The highest BCUT2D eigenvalue weighted by Crippen LogP contribution is 2.29. The lowest BCUT2D eigenvalue weighted by molar-refractivity contribution is -0.146. The number of ether oxygens (including phenoxy) is 1. The maximum absolute atomic E-state index is 11.6. The zero-order chi connectivity index (χ0) is 13.3. The molecule has 1 unspecified atom stereocenters. The van der Waals surface area contributed by atoms with E-state index in [1.54, 1.807) is 6.92 Å². The van der Waals surface area contributed by atoms with Crippen LogP contribution in [-0.4, -0.2) is 21.7 Å². The third-order valence-corrected chi connectivity index (χ3v) is 3.24. The van der Waals surface area contributed by atoms with Crippen LogP contribution in [0.1, 0.15) is 61.5 Å². The fourth-order valence-electron chi connectivity index (χ4n) is 2.52. The summed E-state index contributed by atoms with van der Waals surface area (Å²) < 4.78 is 6.63. The number of hydrogen-bond donors (Lipinski definition) is 0. The SMILES string of the molecule is CC(=O)OC(C)c1nn(C(C)=O)c2c1CCCC2. The standard InChI is InChI=1S/C13H18N2O3/c1-8(18-10(3)17)13-11-6-4-5-7-12(11)15(14-13)9(2)16/h8H,4-7H2,1-3H3. The van der Waals surface area contributed by atoms with Gasteiger partial charge in [0.15, 0.2) is 0 Å². The molecule has 5 heteroatoms. The van der Waals surface area contributed by atoms with Crippen LogP contribution in [0.15, 0.2) is 0 Å². The topological polar surface area (TPSA) is 61.2 Å². The Balaban J connectivity index is 2.41. The van der Waals surface area contributed by atoms with E-state index in [9.17, 15) is 9.59 Å². The molecule has 0 spiro atoms. The van der Waals surface area contributed by atoms with Crippen molar-refractivity contribution in [1.82, 2.24) is 9.78 Å². The Morgan fingerprint density at radius 2 is 1.94 bits per heavy atom. The van der Waals surface area contributed by atoms with Crippen molar-refractivity contribution >= 4 is 11.9 Å². The van der Waals surface area contributed by atoms with Gasteiger partial charge in [0.05, 0.1) is 5.69 Å². The van der Waals surface area contributed by atoms with Gasteiger partial charge in [-0.25, -0.2) is 4.68 Å². The van der Waals surface area contributed by atoms with Gasteiger partial charge in [-0.2, -0.15) is 5.10 Å². The van der Waals surface area contributed by atoms with Gasteiger partial charge in [0.25, 0.3) is 0 Å². The number of esters is 1. The predicted molar refractivity (Wildman–Crippen MR) is 65.4 cm³/mol. The van der Waals surface area contributed by atoms with Crippen LogP contribution in [0.25, 0.3) is 0 Å². The molecular formula is C13H18N2O3. The smallest absolute Gasteiger partial charge is 0.303 e. The average Bonchev–Trinajstić information content (AvgIpc) is 2.67. The second kappa shape index (κ2) is 4.92. The minimum Gasteiger partial charge on any atom is -0.456 e. The lowest BCUT2D eigenvalue weighted by atomic mass is 9.94. The Bertz CT molecular complexity index is 491. The van der Waals surface area contributed by atoms with E-state index in [0.29, 0.717) is 0 Å². The van der Waals surface area contributed by atoms with Crippen molar-refractivity contribution in [3.8, 4) is 0 Å². The minimum atomic E-state index is -0.394. The first-order valence-corrected chi connectivity index (χ1v) is 6.29. The molecule has 1 heterocycles. The number of hydrogen-bond acceptors (Lipinski definition) is 4. The van der Waals surface area contributed by atoms with Crippen LogP contribution < -0.4 is 0 Å². The molecule has 0 bridgehead atoms. The van der Waals surface area contributed by atoms with E-state index in [1.165, 1.54) is 18.5 Å². The Morgan fingerprint density at radius 1 is 1.28 bits per heavy atom. The van der Waals surface area contributed by atoms with Crippen LogP contribution in [0.3, 0.4) is 0 Å². The van der Waals surface area contributed by atoms with Gasteiger partial charge in [-0.1, -0.05) is 0 Å². The van der Waals surface area contributed by atoms with Crippen molar-refractivity contribution < 1.29 is 14.3 Å². The van der Waals surface area contributed by atoms with E-state index in [4.69, 9.17) is 4.74 Å². The van der Waals surface area contributed by atoms with Crippen LogP contribution in [0, 0.1) is 0 Å². The van der Waals surface area contributed by atoms with Crippen molar-refractivity contribution in [3.63, 3.8) is 0 Å². The van der Waals surface area contributed by atoms with Crippen LogP contribution in [0.4, 0.5) is 0 Å². The zero-order valence-corrected chi connectivity index (χ0v) is 11.0. The second-order valence-corrected chi connectivity index (χ2v) is 4.70. The molecule has 0 fully saturated rings. The van der Waals surface area contributed by atoms with E-state index in [-0.39, 0.29) is 11.9 Å². The Labute approximate surface area is 106 Å². The summed E-state index contributed by atoms with van der Waals surface area (Å²) in [5, 5.41) is 4.33. The largest absolute Gasteiger partial charge is 0.456 e. The number of fused-ring (bicyclic) bond motifs is 1. The van der Waals surface area contributed by atoms with Crippen molar-refractivity contribution in [2.45, 2.75) is 52.6 Å². The summed E-state index contributed by atoms with van der Waals surface area (Å²) in [6.07, 6.45) is 3.55. The molecule has 0 saturated carbocycles. The number of nitrogens with zero attached hydrogens (tertiary/aromatic N) is 2. The first-order chi connectivity index (χ1) is 8.50. The molecule has 0 saturated heterocycles. The Morgan fingerprint density at radius 3 is 2.56 bits per heavy atom. The lowest BCUT2D eigenvalue weighted by Crippen LogP contribution is -2.14. The Hall–Kier alpha value is -1.65. The molecule has 1 aromatic rings. The first kappa shape index (κ1) is 12.8. The van der Waals surface area contributed by atoms with Gasteiger partial charge < -0.3 is 4.74 Å². The van der Waals surface area contributed by atoms with E-state index in [2.05, 4.69) is 5.10 Å². The van der Waals surface area contributed by atoms with Gasteiger partial charge in [-0.05, 0) is 32.6 Å². The molecule has 98 valence electrons. The van der Waals surface area contributed by atoms with Crippen LogP contribution in [0.2, 0.25) is 0 Å². The summed E-state index contributed by atoms with van der Waals surface area (Å²) in [6, 6.07) is 0. The fourth-order valence-corrected chi connectivity index (χ4v) is 2.52. The van der Waals surface area contributed by atoms with Gasteiger partial charge in [-0.15, -0.1) is 0 Å². The van der Waals surface area contributed by atoms with Crippen molar-refractivity contribution in [1.29, 1.82) is 0 Å².